The van der Waals surface area contributed by atoms with Crippen LogP contribution in [0.15, 0.2) is 36.4 Å². The summed E-state index contributed by atoms with van der Waals surface area (Å²) in [6, 6.07) is 9.48. The van der Waals surface area contributed by atoms with Gasteiger partial charge in [0, 0.05) is 6.42 Å². The van der Waals surface area contributed by atoms with E-state index < -0.39 is 0 Å². The van der Waals surface area contributed by atoms with E-state index in [-0.39, 0.29) is 12.7 Å². The average Bonchev–Trinajstić information content (AvgIpc) is 2.71. The molecule has 2 rings (SSSR count). The summed E-state index contributed by atoms with van der Waals surface area (Å²) >= 11 is 0. The molecule has 28 heavy (non-hydrogen) atoms. The lowest BCUT2D eigenvalue weighted by molar-refractivity contribution is 0.211. The van der Waals surface area contributed by atoms with Crippen molar-refractivity contribution in [3.8, 4) is 28.7 Å². The van der Waals surface area contributed by atoms with E-state index in [9.17, 15) is 0 Å². The Balaban J connectivity index is 2.18. The van der Waals surface area contributed by atoms with Gasteiger partial charge in [0.1, 0.15) is 6.10 Å². The largest absolute Gasteiger partial charge is 0.493 e. The lowest BCUT2D eigenvalue weighted by Crippen LogP contribution is -2.16. The Morgan fingerprint density at radius 3 is 2.04 bits per heavy atom. The highest BCUT2D eigenvalue weighted by atomic mass is 16.5. The molecule has 0 aliphatic carbocycles. The van der Waals surface area contributed by atoms with Gasteiger partial charge in [-0.3, -0.25) is 0 Å². The third kappa shape index (κ3) is 5.33. The van der Waals surface area contributed by atoms with Gasteiger partial charge in [0.05, 0.1) is 35.0 Å². The van der Waals surface area contributed by atoms with Gasteiger partial charge < -0.3 is 28.8 Å². The average molecular weight is 388 g/mol. The first-order valence-electron chi connectivity index (χ1n) is 8.97. The summed E-state index contributed by atoms with van der Waals surface area (Å²) in [7, 11) is 6.38. The molecule has 0 aliphatic rings. The Hall–Kier alpha value is -2.86. The van der Waals surface area contributed by atoms with Crippen molar-refractivity contribution in [3.63, 3.8) is 0 Å². The zero-order chi connectivity index (χ0) is 20.5. The van der Waals surface area contributed by atoms with E-state index in [1.807, 2.05) is 43.3 Å². The van der Waals surface area contributed by atoms with Crippen LogP contribution in [0.4, 0.5) is 0 Å². The minimum absolute atomic E-state index is 0.00755. The van der Waals surface area contributed by atoms with E-state index >= 15 is 0 Å². The van der Waals surface area contributed by atoms with Crippen LogP contribution >= 0.6 is 0 Å². The Labute approximate surface area is 166 Å². The number of benzene rings is 2. The van der Waals surface area contributed by atoms with Crippen molar-refractivity contribution in [2.45, 2.75) is 19.4 Å². The van der Waals surface area contributed by atoms with Gasteiger partial charge in [0.15, 0.2) is 23.0 Å². The van der Waals surface area contributed by atoms with Crippen molar-refractivity contribution in [1.29, 1.82) is 0 Å². The second-order valence-electron chi connectivity index (χ2n) is 6.16. The lowest BCUT2D eigenvalue weighted by Gasteiger charge is -2.19. The highest BCUT2D eigenvalue weighted by molar-refractivity contribution is 5.56. The van der Waals surface area contributed by atoms with Gasteiger partial charge in [-0.25, -0.2) is 0 Å². The zero-order valence-corrected chi connectivity index (χ0v) is 17.0. The molecule has 0 spiro atoms. The smallest absolute Gasteiger partial charge is 0.203 e. The summed E-state index contributed by atoms with van der Waals surface area (Å²) in [5, 5.41) is 8.91. The Kier molecular flexibility index (Phi) is 8.02. The second-order valence-corrected chi connectivity index (χ2v) is 6.16. The molecule has 152 valence electrons. The van der Waals surface area contributed by atoms with E-state index in [1.54, 1.807) is 34.5 Å². The predicted octanol–water partition coefficient (Wildman–Crippen LogP) is 3.74. The second kappa shape index (κ2) is 10.5. The minimum Gasteiger partial charge on any atom is -0.493 e. The maximum absolute atomic E-state index is 8.91. The molecule has 0 aliphatic heterocycles. The van der Waals surface area contributed by atoms with Crippen LogP contribution in [-0.2, 0) is 6.42 Å². The van der Waals surface area contributed by atoms with Gasteiger partial charge >= 0.3 is 0 Å². The molecule has 1 N–H and O–H groups in total. The normalized spacial score (nSPS) is 11.9. The Morgan fingerprint density at radius 1 is 0.857 bits per heavy atom. The van der Waals surface area contributed by atoms with Crippen LogP contribution in [0.25, 0.3) is 6.08 Å². The number of aliphatic hydroxyl groups excluding tert-OH is 1. The van der Waals surface area contributed by atoms with Crippen LogP contribution < -0.4 is 23.7 Å². The van der Waals surface area contributed by atoms with Crippen LogP contribution in [0.1, 0.15) is 18.1 Å². The summed E-state index contributed by atoms with van der Waals surface area (Å²) in [5.74, 6) is 3.08. The van der Waals surface area contributed by atoms with E-state index in [1.165, 1.54) is 0 Å². The lowest BCUT2D eigenvalue weighted by atomic mass is 10.1. The first-order chi connectivity index (χ1) is 13.6. The van der Waals surface area contributed by atoms with Crippen molar-refractivity contribution in [3.05, 3.63) is 47.5 Å². The molecule has 0 bridgehead atoms. The molecule has 6 heteroatoms. The fourth-order valence-corrected chi connectivity index (χ4v) is 2.92. The van der Waals surface area contributed by atoms with Gasteiger partial charge in [-0.1, -0.05) is 18.2 Å². The van der Waals surface area contributed by atoms with Crippen molar-refractivity contribution in [2.75, 3.05) is 35.0 Å². The summed E-state index contributed by atoms with van der Waals surface area (Å²) in [5.41, 5.74) is 1.93. The van der Waals surface area contributed by atoms with Gasteiger partial charge in [-0.15, -0.1) is 0 Å². The number of ether oxygens (including phenoxy) is 5. The molecule has 0 heterocycles. The Morgan fingerprint density at radius 2 is 1.50 bits per heavy atom. The van der Waals surface area contributed by atoms with Gasteiger partial charge in [-0.05, 0) is 42.3 Å². The van der Waals surface area contributed by atoms with Crippen LogP contribution in [0.3, 0.4) is 0 Å². The number of methoxy groups -OCH3 is 4. The van der Waals surface area contributed by atoms with Crippen LogP contribution in [-0.4, -0.2) is 46.3 Å². The van der Waals surface area contributed by atoms with Gasteiger partial charge in [-0.2, -0.15) is 0 Å². The molecule has 0 radical (unpaired) electrons. The number of hydrogen-bond acceptors (Lipinski definition) is 6. The molecule has 0 saturated carbocycles. The number of hydrogen-bond donors (Lipinski definition) is 1. The van der Waals surface area contributed by atoms with Crippen molar-refractivity contribution in [2.24, 2.45) is 0 Å². The number of rotatable bonds is 10. The van der Waals surface area contributed by atoms with E-state index in [0.717, 1.165) is 11.1 Å². The van der Waals surface area contributed by atoms with Crippen molar-refractivity contribution in [1.82, 2.24) is 0 Å². The molecule has 0 fully saturated rings. The summed E-state index contributed by atoms with van der Waals surface area (Å²) in [6.45, 7) is 1.98. The molecule has 0 saturated heterocycles. The highest BCUT2D eigenvalue weighted by Crippen LogP contribution is 2.38. The summed E-state index contributed by atoms with van der Waals surface area (Å²) in [4.78, 5) is 0. The molecule has 1 unspecified atom stereocenters. The first-order valence-corrected chi connectivity index (χ1v) is 8.97. The fourth-order valence-electron chi connectivity index (χ4n) is 2.92. The molecular formula is C22H28O6. The maximum Gasteiger partial charge on any atom is 0.203 e. The van der Waals surface area contributed by atoms with Crippen molar-refractivity contribution < 1.29 is 28.8 Å². The highest BCUT2D eigenvalue weighted by Gasteiger charge is 2.16. The third-order valence-corrected chi connectivity index (χ3v) is 4.18. The Bertz CT molecular complexity index is 775. The minimum atomic E-state index is -0.115. The molecule has 6 nitrogen and oxygen atoms in total. The van der Waals surface area contributed by atoms with E-state index in [4.69, 9.17) is 28.8 Å². The van der Waals surface area contributed by atoms with Crippen molar-refractivity contribution >= 4 is 6.08 Å². The summed E-state index contributed by atoms with van der Waals surface area (Å²) < 4.78 is 27.7. The first kappa shape index (κ1) is 21.4. The quantitative estimate of drug-likeness (QED) is 0.669. The predicted molar refractivity (Wildman–Crippen MR) is 109 cm³/mol. The zero-order valence-electron chi connectivity index (χ0n) is 17.0. The topological polar surface area (TPSA) is 66.4 Å². The van der Waals surface area contributed by atoms with Gasteiger partial charge in [0.25, 0.3) is 0 Å². The van der Waals surface area contributed by atoms with Crippen LogP contribution in [0.2, 0.25) is 0 Å². The SMILES string of the molecule is COc1cc(C=CCO)ccc1OC(C)Cc1cc(OC)c(OC)c(OC)c1. The van der Waals surface area contributed by atoms with E-state index in [2.05, 4.69) is 0 Å². The monoisotopic (exact) mass is 388 g/mol. The third-order valence-electron chi connectivity index (χ3n) is 4.18. The molecule has 2 aromatic rings. The standard InChI is InChI=1S/C22H28O6/c1-15(11-17-13-20(25-3)22(27-5)21(14-17)26-4)28-18-9-8-16(7-6-10-23)12-19(18)24-2/h6-9,12-15,23H,10-11H2,1-5H3. The molecule has 0 aromatic heterocycles. The van der Waals surface area contributed by atoms with Gasteiger partial charge in [0.2, 0.25) is 5.75 Å². The fraction of sp³-hybridized carbons (Fsp3) is 0.364. The molecule has 0 amide bonds. The van der Waals surface area contributed by atoms with Crippen LogP contribution in [0.5, 0.6) is 28.7 Å². The molecular weight excluding hydrogens is 360 g/mol. The van der Waals surface area contributed by atoms with E-state index in [0.29, 0.717) is 35.2 Å². The molecule has 2 aromatic carbocycles. The maximum atomic E-state index is 8.91. The summed E-state index contributed by atoms with van der Waals surface area (Å²) in [6.07, 6.45) is 4.02. The molecule has 1 atom stereocenters. The van der Waals surface area contributed by atoms with Crippen LogP contribution in [0, 0.1) is 0 Å². The number of aliphatic hydroxyl groups is 1.